The maximum absolute atomic E-state index is 5.97. The van der Waals surface area contributed by atoms with Crippen LogP contribution in [-0.2, 0) is 0 Å². The van der Waals surface area contributed by atoms with Gasteiger partial charge < -0.3 is 9.47 Å². The molecule has 3 aromatic rings. The van der Waals surface area contributed by atoms with Crippen molar-refractivity contribution in [3.8, 4) is 11.5 Å². The van der Waals surface area contributed by atoms with E-state index in [9.17, 15) is 0 Å². The summed E-state index contributed by atoms with van der Waals surface area (Å²) in [6.45, 7) is 8.49. The standard InChI is InChI=1S/C22H26N2O2S/c1-7-23(8-1)11-13-25-17-3-5-19-20-6-4-18(16-22(20)27-21(19)15-17)26-14-12-24-9-2-10-24/h3-6,15-16H,1-2,7-14H2. The van der Waals surface area contributed by atoms with E-state index in [1.165, 1.54) is 59.2 Å². The molecule has 0 unspecified atom stereocenters. The molecule has 5 rings (SSSR count). The molecule has 142 valence electrons. The van der Waals surface area contributed by atoms with E-state index in [1.54, 1.807) is 0 Å². The van der Waals surface area contributed by atoms with Crippen molar-refractivity contribution in [2.45, 2.75) is 12.8 Å². The molecule has 2 aliphatic rings. The van der Waals surface area contributed by atoms with E-state index in [4.69, 9.17) is 9.47 Å². The number of hydrogen-bond acceptors (Lipinski definition) is 5. The van der Waals surface area contributed by atoms with E-state index >= 15 is 0 Å². The number of benzene rings is 2. The molecule has 2 fully saturated rings. The summed E-state index contributed by atoms with van der Waals surface area (Å²) in [5.41, 5.74) is 0. The molecule has 0 aliphatic carbocycles. The molecule has 27 heavy (non-hydrogen) atoms. The van der Waals surface area contributed by atoms with Gasteiger partial charge in [0.2, 0.25) is 0 Å². The lowest BCUT2D eigenvalue weighted by atomic mass is 10.1. The topological polar surface area (TPSA) is 24.9 Å². The maximum atomic E-state index is 5.97. The Balaban J connectivity index is 1.27. The molecule has 0 saturated carbocycles. The Morgan fingerprint density at radius 2 is 1.19 bits per heavy atom. The van der Waals surface area contributed by atoms with Gasteiger partial charge in [-0.05, 0) is 75.4 Å². The van der Waals surface area contributed by atoms with Crippen molar-refractivity contribution in [2.75, 3.05) is 52.5 Å². The van der Waals surface area contributed by atoms with Crippen LogP contribution in [0.5, 0.6) is 11.5 Å². The highest BCUT2D eigenvalue weighted by Gasteiger charge is 2.14. The highest BCUT2D eigenvalue weighted by molar-refractivity contribution is 7.25. The van der Waals surface area contributed by atoms with Gasteiger partial charge in [-0.15, -0.1) is 11.3 Å². The van der Waals surface area contributed by atoms with Crippen LogP contribution in [0.3, 0.4) is 0 Å². The fourth-order valence-electron chi connectivity index (χ4n) is 3.71. The molecule has 0 atom stereocenters. The molecular formula is C22H26N2O2S. The zero-order valence-corrected chi connectivity index (χ0v) is 16.5. The number of nitrogens with zero attached hydrogens (tertiary/aromatic N) is 2. The molecule has 0 amide bonds. The minimum absolute atomic E-state index is 0.769. The lowest BCUT2D eigenvalue weighted by Crippen LogP contribution is -2.39. The van der Waals surface area contributed by atoms with Gasteiger partial charge in [-0.25, -0.2) is 0 Å². The zero-order chi connectivity index (χ0) is 18.1. The molecule has 0 radical (unpaired) electrons. The third-order valence-electron chi connectivity index (χ3n) is 5.67. The Bertz CT molecular complexity index is 856. The predicted octanol–water partition coefficient (Wildman–Crippen LogP) is 4.22. The first-order valence-electron chi connectivity index (χ1n) is 10.0. The molecule has 2 saturated heterocycles. The molecule has 4 nitrogen and oxygen atoms in total. The minimum atomic E-state index is 0.769. The first kappa shape index (κ1) is 17.3. The lowest BCUT2D eigenvalue weighted by molar-refractivity contribution is 0.147. The van der Waals surface area contributed by atoms with Crippen LogP contribution in [-0.4, -0.2) is 62.3 Å². The molecule has 0 bridgehead atoms. The molecule has 2 aliphatic heterocycles. The second-order valence-electron chi connectivity index (χ2n) is 7.51. The Hall–Kier alpha value is -1.82. The normalized spacial score (nSPS) is 17.8. The highest BCUT2D eigenvalue weighted by atomic mass is 32.1. The summed E-state index contributed by atoms with van der Waals surface area (Å²) in [5.74, 6) is 1.95. The van der Waals surface area contributed by atoms with E-state index in [-0.39, 0.29) is 0 Å². The predicted molar refractivity (Wildman–Crippen MR) is 112 cm³/mol. The summed E-state index contributed by atoms with van der Waals surface area (Å²) in [6.07, 6.45) is 2.66. The molecule has 0 spiro atoms. The van der Waals surface area contributed by atoms with Crippen LogP contribution in [0.2, 0.25) is 0 Å². The van der Waals surface area contributed by atoms with Crippen molar-refractivity contribution < 1.29 is 9.47 Å². The number of fused-ring (bicyclic) bond motifs is 3. The van der Waals surface area contributed by atoms with Gasteiger partial charge in [-0.2, -0.15) is 0 Å². The van der Waals surface area contributed by atoms with E-state index in [0.717, 1.165) is 37.8 Å². The van der Waals surface area contributed by atoms with Crippen molar-refractivity contribution >= 4 is 31.5 Å². The number of ether oxygens (including phenoxy) is 2. The summed E-state index contributed by atoms with van der Waals surface area (Å²) in [5, 5.41) is 2.61. The summed E-state index contributed by atoms with van der Waals surface area (Å²) >= 11 is 1.82. The summed E-state index contributed by atoms with van der Waals surface area (Å²) in [7, 11) is 0. The second kappa shape index (κ2) is 7.66. The largest absolute Gasteiger partial charge is 0.492 e. The van der Waals surface area contributed by atoms with E-state index in [0.29, 0.717) is 0 Å². The number of thiophene rings is 1. The average molecular weight is 383 g/mol. The van der Waals surface area contributed by atoms with Crippen LogP contribution in [0.25, 0.3) is 20.2 Å². The van der Waals surface area contributed by atoms with Crippen LogP contribution in [0.4, 0.5) is 0 Å². The molecule has 3 heterocycles. The van der Waals surface area contributed by atoms with Gasteiger partial charge in [0.15, 0.2) is 0 Å². The van der Waals surface area contributed by atoms with Crippen LogP contribution < -0.4 is 9.47 Å². The zero-order valence-electron chi connectivity index (χ0n) is 15.7. The Morgan fingerprint density at radius 3 is 1.59 bits per heavy atom. The Morgan fingerprint density at radius 1 is 0.704 bits per heavy atom. The molecular weight excluding hydrogens is 356 g/mol. The first-order chi connectivity index (χ1) is 13.3. The van der Waals surface area contributed by atoms with Crippen molar-refractivity contribution in [3.05, 3.63) is 36.4 Å². The lowest BCUT2D eigenvalue weighted by Gasteiger charge is -2.30. The van der Waals surface area contributed by atoms with E-state index in [2.05, 4.69) is 46.2 Å². The van der Waals surface area contributed by atoms with Gasteiger partial charge in [-0.3, -0.25) is 9.80 Å². The van der Waals surface area contributed by atoms with Gasteiger partial charge in [0, 0.05) is 33.3 Å². The summed E-state index contributed by atoms with van der Waals surface area (Å²) in [6, 6.07) is 12.9. The van der Waals surface area contributed by atoms with Gasteiger partial charge >= 0.3 is 0 Å². The van der Waals surface area contributed by atoms with Crippen LogP contribution in [0.1, 0.15) is 12.8 Å². The molecule has 5 heteroatoms. The monoisotopic (exact) mass is 382 g/mol. The SMILES string of the molecule is c1cc2c(cc1OCCN1CCC1)sc1cc(OCCN3CCC3)ccc12. The van der Waals surface area contributed by atoms with Crippen molar-refractivity contribution in [1.29, 1.82) is 0 Å². The second-order valence-corrected chi connectivity index (χ2v) is 8.59. The van der Waals surface area contributed by atoms with Crippen LogP contribution in [0, 0.1) is 0 Å². The van der Waals surface area contributed by atoms with Crippen LogP contribution >= 0.6 is 11.3 Å². The number of hydrogen-bond donors (Lipinski definition) is 0. The molecule has 2 aromatic carbocycles. The number of likely N-dealkylation sites (tertiary alicyclic amines) is 2. The van der Waals surface area contributed by atoms with E-state index < -0.39 is 0 Å². The Labute approximate surface area is 164 Å². The average Bonchev–Trinajstić information content (AvgIpc) is 2.96. The van der Waals surface area contributed by atoms with Crippen molar-refractivity contribution in [3.63, 3.8) is 0 Å². The maximum Gasteiger partial charge on any atom is 0.120 e. The Kier molecular flexibility index (Phi) is 4.91. The van der Waals surface area contributed by atoms with Crippen LogP contribution in [0.15, 0.2) is 36.4 Å². The minimum Gasteiger partial charge on any atom is -0.492 e. The fraction of sp³-hybridized carbons (Fsp3) is 0.455. The summed E-state index contributed by atoms with van der Waals surface area (Å²) in [4.78, 5) is 4.86. The molecule has 0 N–H and O–H groups in total. The van der Waals surface area contributed by atoms with E-state index in [1.807, 2.05) is 11.3 Å². The quantitative estimate of drug-likeness (QED) is 0.582. The summed E-state index contributed by atoms with van der Waals surface area (Å²) < 4.78 is 14.5. The number of rotatable bonds is 8. The fourth-order valence-corrected chi connectivity index (χ4v) is 4.88. The smallest absolute Gasteiger partial charge is 0.120 e. The van der Waals surface area contributed by atoms with Gasteiger partial charge in [0.25, 0.3) is 0 Å². The third kappa shape index (κ3) is 3.77. The first-order valence-corrected chi connectivity index (χ1v) is 10.8. The third-order valence-corrected chi connectivity index (χ3v) is 6.78. The van der Waals surface area contributed by atoms with Gasteiger partial charge in [0.1, 0.15) is 24.7 Å². The van der Waals surface area contributed by atoms with Gasteiger partial charge in [-0.1, -0.05) is 0 Å². The van der Waals surface area contributed by atoms with Crippen molar-refractivity contribution in [1.82, 2.24) is 9.80 Å². The van der Waals surface area contributed by atoms with Gasteiger partial charge in [0.05, 0.1) is 0 Å². The highest BCUT2D eigenvalue weighted by Crippen LogP contribution is 2.37. The molecule has 1 aromatic heterocycles. The van der Waals surface area contributed by atoms with Crippen molar-refractivity contribution in [2.24, 2.45) is 0 Å².